The van der Waals surface area contributed by atoms with E-state index in [0.717, 1.165) is 0 Å². The summed E-state index contributed by atoms with van der Waals surface area (Å²) >= 11 is 6.08. The fourth-order valence-electron chi connectivity index (χ4n) is 1.43. The van der Waals surface area contributed by atoms with Crippen LogP contribution in [0.1, 0.15) is 5.56 Å². The first-order valence-corrected chi connectivity index (χ1v) is 5.45. The summed E-state index contributed by atoms with van der Waals surface area (Å²) < 4.78 is 0. The third-order valence-electron chi connectivity index (χ3n) is 2.20. The maximum atomic E-state index is 8.93. The minimum Gasteiger partial charge on any atom is -0.395 e. The summed E-state index contributed by atoms with van der Waals surface area (Å²) in [4.78, 5) is 5.71. The maximum Gasteiger partial charge on any atom is 0.148 e. The Balaban J connectivity index is 3.10. The van der Waals surface area contributed by atoms with Crippen molar-refractivity contribution >= 4 is 23.3 Å². The lowest BCUT2D eigenvalue weighted by Crippen LogP contribution is -2.31. The zero-order chi connectivity index (χ0) is 12.8. The van der Waals surface area contributed by atoms with Crippen LogP contribution in [0.15, 0.2) is 12.3 Å². The molecule has 1 aromatic heterocycles. The van der Waals surface area contributed by atoms with Gasteiger partial charge in [-0.3, -0.25) is 5.41 Å². The van der Waals surface area contributed by atoms with Gasteiger partial charge in [0.2, 0.25) is 0 Å². The molecule has 0 aliphatic heterocycles. The van der Waals surface area contributed by atoms with Gasteiger partial charge in [-0.25, -0.2) is 4.98 Å². The highest BCUT2D eigenvalue weighted by Gasteiger charge is 2.15. The molecule has 0 amide bonds. The molecule has 1 aromatic rings. The van der Waals surface area contributed by atoms with Crippen molar-refractivity contribution in [3.05, 3.63) is 22.8 Å². The lowest BCUT2D eigenvalue weighted by atomic mass is 10.2. The molecule has 6 nitrogen and oxygen atoms in total. The van der Waals surface area contributed by atoms with Crippen LogP contribution in [0.4, 0.5) is 5.82 Å². The molecule has 5 N–H and O–H groups in total. The third-order valence-corrected chi connectivity index (χ3v) is 2.57. The first kappa shape index (κ1) is 13.7. The SMILES string of the molecule is N=C(N)c1ccnc(N(CCO)CCO)c1Cl. The minimum atomic E-state index is -0.147. The van der Waals surface area contributed by atoms with Crippen molar-refractivity contribution in [3.63, 3.8) is 0 Å². The lowest BCUT2D eigenvalue weighted by molar-refractivity contribution is 0.280. The molecule has 0 atom stereocenters. The molecule has 17 heavy (non-hydrogen) atoms. The molecule has 0 aliphatic rings. The van der Waals surface area contributed by atoms with Gasteiger partial charge in [-0.2, -0.15) is 0 Å². The van der Waals surface area contributed by atoms with Crippen molar-refractivity contribution in [2.24, 2.45) is 5.73 Å². The molecule has 0 unspecified atom stereocenters. The van der Waals surface area contributed by atoms with Crippen molar-refractivity contribution in [2.45, 2.75) is 0 Å². The maximum absolute atomic E-state index is 8.93. The molecule has 94 valence electrons. The van der Waals surface area contributed by atoms with E-state index in [9.17, 15) is 0 Å². The standard InChI is InChI=1S/C10H15ClN4O2/c11-8-7(9(12)13)1-2-14-10(8)15(3-5-16)4-6-17/h1-2,16-17H,3-6H2,(H3,12,13). The van der Waals surface area contributed by atoms with Crippen LogP contribution in [-0.4, -0.2) is 47.3 Å². The number of hydrogen-bond donors (Lipinski definition) is 4. The van der Waals surface area contributed by atoms with Crippen LogP contribution in [0.3, 0.4) is 0 Å². The van der Waals surface area contributed by atoms with E-state index in [-0.39, 0.29) is 24.1 Å². The van der Waals surface area contributed by atoms with E-state index in [1.54, 1.807) is 11.0 Å². The Bertz CT molecular complexity index is 394. The summed E-state index contributed by atoms with van der Waals surface area (Å²) in [7, 11) is 0. The molecular weight excluding hydrogens is 244 g/mol. The van der Waals surface area contributed by atoms with Gasteiger partial charge in [0, 0.05) is 24.8 Å². The molecule has 0 radical (unpaired) electrons. The number of rotatable bonds is 6. The van der Waals surface area contributed by atoms with E-state index in [2.05, 4.69) is 4.98 Å². The number of nitrogens with two attached hydrogens (primary N) is 1. The monoisotopic (exact) mass is 258 g/mol. The molecule has 7 heteroatoms. The summed E-state index contributed by atoms with van der Waals surface area (Å²) in [6.45, 7) is 0.438. The van der Waals surface area contributed by atoms with Gasteiger partial charge in [0.15, 0.2) is 0 Å². The van der Waals surface area contributed by atoms with Gasteiger partial charge in [0.1, 0.15) is 11.7 Å². The number of aliphatic hydroxyl groups is 2. The Morgan fingerprint density at radius 2 is 2.00 bits per heavy atom. The molecule has 0 bridgehead atoms. The fraction of sp³-hybridized carbons (Fsp3) is 0.400. The Morgan fingerprint density at radius 1 is 1.41 bits per heavy atom. The zero-order valence-electron chi connectivity index (χ0n) is 9.23. The quantitative estimate of drug-likeness (QED) is 0.418. The molecule has 0 aliphatic carbocycles. The topological polar surface area (TPSA) is 106 Å². The van der Waals surface area contributed by atoms with Crippen LogP contribution >= 0.6 is 11.6 Å². The average Bonchev–Trinajstić information content (AvgIpc) is 2.29. The van der Waals surface area contributed by atoms with Gasteiger partial charge in [-0.15, -0.1) is 0 Å². The van der Waals surface area contributed by atoms with Crippen LogP contribution in [0.25, 0.3) is 0 Å². The second-order valence-corrected chi connectivity index (χ2v) is 3.72. The van der Waals surface area contributed by atoms with Crippen LogP contribution in [0.5, 0.6) is 0 Å². The van der Waals surface area contributed by atoms with E-state index < -0.39 is 0 Å². The van der Waals surface area contributed by atoms with E-state index in [1.807, 2.05) is 0 Å². The van der Waals surface area contributed by atoms with Gasteiger partial charge >= 0.3 is 0 Å². The number of amidine groups is 1. The van der Waals surface area contributed by atoms with E-state index >= 15 is 0 Å². The van der Waals surface area contributed by atoms with Crippen molar-refractivity contribution in [3.8, 4) is 0 Å². The van der Waals surface area contributed by atoms with Gasteiger partial charge in [0.05, 0.1) is 18.2 Å². The third kappa shape index (κ3) is 3.29. The van der Waals surface area contributed by atoms with Crippen molar-refractivity contribution < 1.29 is 10.2 Å². The number of aliphatic hydroxyl groups excluding tert-OH is 2. The second-order valence-electron chi connectivity index (χ2n) is 3.34. The molecular formula is C10H15ClN4O2. The van der Waals surface area contributed by atoms with Crippen LogP contribution < -0.4 is 10.6 Å². The summed E-state index contributed by atoms with van der Waals surface area (Å²) in [6.07, 6.45) is 1.49. The van der Waals surface area contributed by atoms with Crippen LogP contribution in [0, 0.1) is 5.41 Å². The van der Waals surface area contributed by atoms with Crippen LogP contribution in [-0.2, 0) is 0 Å². The number of pyridine rings is 1. The number of nitrogen functional groups attached to an aromatic ring is 1. The molecule has 1 heterocycles. The highest BCUT2D eigenvalue weighted by atomic mass is 35.5. The van der Waals surface area contributed by atoms with E-state index in [0.29, 0.717) is 24.5 Å². The van der Waals surface area contributed by atoms with Crippen molar-refractivity contribution in [2.75, 3.05) is 31.2 Å². The number of anilines is 1. The first-order valence-electron chi connectivity index (χ1n) is 5.07. The van der Waals surface area contributed by atoms with Gasteiger partial charge < -0.3 is 20.8 Å². The highest BCUT2D eigenvalue weighted by molar-refractivity contribution is 6.36. The summed E-state index contributed by atoms with van der Waals surface area (Å²) in [5, 5.41) is 25.5. The molecule has 0 aromatic carbocycles. The van der Waals surface area contributed by atoms with Crippen LogP contribution in [0.2, 0.25) is 5.02 Å². The second kappa shape index (κ2) is 6.39. The summed E-state index contributed by atoms with van der Waals surface area (Å²) in [5.41, 5.74) is 5.77. The molecule has 1 rings (SSSR count). The van der Waals surface area contributed by atoms with E-state index in [4.69, 9.17) is 33.0 Å². The molecule has 0 fully saturated rings. The Morgan fingerprint density at radius 3 is 2.47 bits per heavy atom. The van der Waals surface area contributed by atoms with Gasteiger partial charge in [0.25, 0.3) is 0 Å². The Kier molecular flexibility index (Phi) is 5.14. The fourth-order valence-corrected chi connectivity index (χ4v) is 1.76. The smallest absolute Gasteiger partial charge is 0.148 e. The highest BCUT2D eigenvalue weighted by Crippen LogP contribution is 2.26. The largest absolute Gasteiger partial charge is 0.395 e. The number of halogens is 1. The molecule has 0 spiro atoms. The molecule has 0 saturated carbocycles. The average molecular weight is 259 g/mol. The summed E-state index contributed by atoms with van der Waals surface area (Å²) in [6, 6.07) is 1.55. The number of hydrogen-bond acceptors (Lipinski definition) is 5. The number of nitrogens with one attached hydrogen (secondary N) is 1. The normalized spacial score (nSPS) is 10.3. The Labute approximate surface area is 104 Å². The minimum absolute atomic E-state index is 0.0810. The van der Waals surface area contributed by atoms with Gasteiger partial charge in [-0.05, 0) is 6.07 Å². The van der Waals surface area contributed by atoms with Crippen molar-refractivity contribution in [1.82, 2.24) is 4.98 Å². The summed E-state index contributed by atoms with van der Waals surface area (Å²) in [5.74, 6) is 0.258. The first-order chi connectivity index (χ1) is 8.11. The van der Waals surface area contributed by atoms with E-state index in [1.165, 1.54) is 6.20 Å². The number of nitrogens with zero attached hydrogens (tertiary/aromatic N) is 2. The zero-order valence-corrected chi connectivity index (χ0v) is 9.98. The Hall–Kier alpha value is -1.37. The molecule has 0 saturated heterocycles. The predicted molar refractivity (Wildman–Crippen MR) is 66.6 cm³/mol. The number of aromatic nitrogens is 1. The van der Waals surface area contributed by atoms with Crippen molar-refractivity contribution in [1.29, 1.82) is 5.41 Å². The predicted octanol–water partition coefficient (Wildman–Crippen LogP) is -0.190. The van der Waals surface area contributed by atoms with Gasteiger partial charge in [-0.1, -0.05) is 11.6 Å². The lowest BCUT2D eigenvalue weighted by Gasteiger charge is -2.23.